The Morgan fingerprint density at radius 2 is 1.57 bits per heavy atom. The molecule has 0 aliphatic heterocycles. The molecule has 3 aromatic rings. The van der Waals surface area contributed by atoms with E-state index in [4.69, 9.17) is 23.7 Å². The summed E-state index contributed by atoms with van der Waals surface area (Å²) in [5.74, 6) is 2.71. The maximum atomic E-state index is 5.74. The lowest BCUT2D eigenvalue weighted by molar-refractivity contribution is 0.306. The molecule has 1 heterocycles. The third-order valence-electron chi connectivity index (χ3n) is 4.66. The molecule has 0 unspecified atom stereocenters. The second kappa shape index (κ2) is 9.87. The Labute approximate surface area is 176 Å². The largest absolute Gasteiger partial charge is 0.494 e. The number of ether oxygens (including phenoxy) is 5. The first kappa shape index (κ1) is 21.3. The van der Waals surface area contributed by atoms with E-state index in [1.54, 1.807) is 39.3 Å². The molecule has 0 atom stereocenters. The zero-order valence-electron chi connectivity index (χ0n) is 18.0. The Kier molecular flexibility index (Phi) is 7.00. The van der Waals surface area contributed by atoms with E-state index in [9.17, 15) is 0 Å². The molecule has 0 amide bonds. The van der Waals surface area contributed by atoms with Crippen LogP contribution in [0.1, 0.15) is 19.8 Å². The number of hydrogen-bond donors (Lipinski definition) is 0. The van der Waals surface area contributed by atoms with E-state index in [0.29, 0.717) is 40.9 Å². The van der Waals surface area contributed by atoms with Crippen LogP contribution in [0.3, 0.4) is 0 Å². The number of rotatable bonds is 10. The van der Waals surface area contributed by atoms with E-state index in [2.05, 4.69) is 17.2 Å². The SMILES string of the molecule is CCCCOc1ccc(-n2nncc2-c2cc(OC)c(OC)c(OC)c2OC)cc1. The van der Waals surface area contributed by atoms with Crippen molar-refractivity contribution in [2.24, 2.45) is 0 Å². The maximum absolute atomic E-state index is 5.74. The minimum absolute atomic E-state index is 0.432. The van der Waals surface area contributed by atoms with Crippen LogP contribution in [0.5, 0.6) is 28.7 Å². The van der Waals surface area contributed by atoms with Gasteiger partial charge < -0.3 is 23.7 Å². The molecule has 160 valence electrons. The molecule has 3 rings (SSSR count). The minimum Gasteiger partial charge on any atom is -0.494 e. The van der Waals surface area contributed by atoms with Gasteiger partial charge in [-0.3, -0.25) is 0 Å². The Morgan fingerprint density at radius 3 is 2.17 bits per heavy atom. The number of benzene rings is 2. The van der Waals surface area contributed by atoms with Crippen molar-refractivity contribution in [3.63, 3.8) is 0 Å². The van der Waals surface area contributed by atoms with Gasteiger partial charge in [0.25, 0.3) is 0 Å². The number of aromatic nitrogens is 3. The number of hydrogen-bond acceptors (Lipinski definition) is 7. The van der Waals surface area contributed by atoms with Crippen molar-refractivity contribution in [2.75, 3.05) is 35.0 Å². The van der Waals surface area contributed by atoms with Crippen molar-refractivity contribution in [1.29, 1.82) is 0 Å². The topological polar surface area (TPSA) is 76.9 Å². The lowest BCUT2D eigenvalue weighted by atomic mass is 10.1. The molecule has 0 radical (unpaired) electrons. The quantitative estimate of drug-likeness (QED) is 0.462. The van der Waals surface area contributed by atoms with Gasteiger partial charge in [-0.15, -0.1) is 5.10 Å². The highest BCUT2D eigenvalue weighted by Gasteiger charge is 2.24. The smallest absolute Gasteiger partial charge is 0.207 e. The van der Waals surface area contributed by atoms with Gasteiger partial charge in [0, 0.05) is 0 Å². The van der Waals surface area contributed by atoms with Crippen molar-refractivity contribution in [1.82, 2.24) is 15.0 Å². The second-order valence-corrected chi connectivity index (χ2v) is 6.45. The maximum Gasteiger partial charge on any atom is 0.207 e. The predicted octanol–water partition coefficient (Wildman–Crippen LogP) is 4.15. The van der Waals surface area contributed by atoms with Crippen molar-refractivity contribution < 1.29 is 23.7 Å². The summed E-state index contributed by atoms with van der Waals surface area (Å²) in [6.45, 7) is 2.84. The molecule has 0 saturated heterocycles. The monoisotopic (exact) mass is 413 g/mol. The first-order valence-electron chi connectivity index (χ1n) is 9.69. The highest BCUT2D eigenvalue weighted by Crippen LogP contribution is 2.50. The average molecular weight is 413 g/mol. The fourth-order valence-electron chi connectivity index (χ4n) is 3.15. The van der Waals surface area contributed by atoms with Crippen LogP contribution in [0.15, 0.2) is 36.5 Å². The van der Waals surface area contributed by atoms with Crippen LogP contribution < -0.4 is 23.7 Å². The Balaban J connectivity index is 2.04. The first-order valence-corrected chi connectivity index (χ1v) is 9.69. The standard InChI is InChI=1S/C22H27N3O5/c1-6-7-12-30-16-10-8-15(9-11-16)25-18(14-23-24-25)17-13-19(26-2)21(28-4)22(29-5)20(17)27-3/h8-11,13-14H,6-7,12H2,1-5H3. The van der Waals surface area contributed by atoms with E-state index in [0.717, 1.165) is 24.3 Å². The third-order valence-corrected chi connectivity index (χ3v) is 4.66. The zero-order chi connectivity index (χ0) is 21.5. The molecule has 0 spiro atoms. The molecule has 0 aliphatic carbocycles. The molecular weight excluding hydrogens is 386 g/mol. The van der Waals surface area contributed by atoms with E-state index in [1.807, 2.05) is 30.3 Å². The van der Waals surface area contributed by atoms with Crippen molar-refractivity contribution in [3.8, 4) is 45.7 Å². The first-order chi connectivity index (χ1) is 14.7. The summed E-state index contributed by atoms with van der Waals surface area (Å²) in [4.78, 5) is 0. The molecule has 8 nitrogen and oxygen atoms in total. The zero-order valence-corrected chi connectivity index (χ0v) is 18.0. The Hall–Kier alpha value is -3.42. The van der Waals surface area contributed by atoms with Crippen LogP contribution >= 0.6 is 0 Å². The highest BCUT2D eigenvalue weighted by atomic mass is 16.5. The lowest BCUT2D eigenvalue weighted by Gasteiger charge is -2.19. The van der Waals surface area contributed by atoms with Crippen LogP contribution in [0.25, 0.3) is 16.9 Å². The van der Waals surface area contributed by atoms with Gasteiger partial charge >= 0.3 is 0 Å². The van der Waals surface area contributed by atoms with Gasteiger partial charge in [-0.2, -0.15) is 0 Å². The van der Waals surface area contributed by atoms with Gasteiger partial charge in [0.05, 0.1) is 58.2 Å². The second-order valence-electron chi connectivity index (χ2n) is 6.45. The summed E-state index contributed by atoms with van der Waals surface area (Å²) < 4.78 is 29.6. The van der Waals surface area contributed by atoms with Crippen LogP contribution in [0.4, 0.5) is 0 Å². The Bertz CT molecular complexity index is 970. The molecular formula is C22H27N3O5. The molecule has 1 aromatic heterocycles. The van der Waals surface area contributed by atoms with E-state index in [1.165, 1.54) is 0 Å². The summed E-state index contributed by atoms with van der Waals surface area (Å²) in [6, 6.07) is 9.53. The summed E-state index contributed by atoms with van der Waals surface area (Å²) in [7, 11) is 6.25. The summed E-state index contributed by atoms with van der Waals surface area (Å²) in [5.41, 5.74) is 2.26. The molecule has 0 bridgehead atoms. The summed E-state index contributed by atoms with van der Waals surface area (Å²) in [5, 5.41) is 8.35. The Morgan fingerprint density at radius 1 is 0.867 bits per heavy atom. The van der Waals surface area contributed by atoms with Crippen LogP contribution in [-0.4, -0.2) is 50.0 Å². The van der Waals surface area contributed by atoms with Gasteiger partial charge in [-0.25, -0.2) is 4.68 Å². The average Bonchev–Trinajstić information content (AvgIpc) is 3.27. The van der Waals surface area contributed by atoms with Crippen molar-refractivity contribution in [3.05, 3.63) is 36.5 Å². The highest BCUT2D eigenvalue weighted by molar-refractivity contribution is 5.78. The molecule has 0 N–H and O–H groups in total. The molecule has 2 aromatic carbocycles. The molecule has 0 fully saturated rings. The van der Waals surface area contributed by atoms with E-state index in [-0.39, 0.29) is 0 Å². The normalized spacial score (nSPS) is 10.6. The summed E-state index contributed by atoms with van der Waals surface area (Å²) in [6.07, 6.45) is 3.78. The van der Waals surface area contributed by atoms with E-state index >= 15 is 0 Å². The van der Waals surface area contributed by atoms with Crippen molar-refractivity contribution >= 4 is 0 Å². The minimum atomic E-state index is 0.432. The third kappa shape index (κ3) is 4.12. The van der Waals surface area contributed by atoms with Gasteiger partial charge in [-0.1, -0.05) is 18.6 Å². The number of unbranched alkanes of at least 4 members (excludes halogenated alkanes) is 1. The fourth-order valence-corrected chi connectivity index (χ4v) is 3.15. The lowest BCUT2D eigenvalue weighted by Crippen LogP contribution is -2.04. The van der Waals surface area contributed by atoms with Gasteiger partial charge in [0.15, 0.2) is 11.5 Å². The summed E-state index contributed by atoms with van der Waals surface area (Å²) >= 11 is 0. The van der Waals surface area contributed by atoms with Crippen molar-refractivity contribution in [2.45, 2.75) is 19.8 Å². The number of nitrogens with zero attached hydrogens (tertiary/aromatic N) is 3. The van der Waals surface area contributed by atoms with Gasteiger partial charge in [0.1, 0.15) is 5.75 Å². The van der Waals surface area contributed by atoms with Crippen LogP contribution in [-0.2, 0) is 0 Å². The van der Waals surface area contributed by atoms with Gasteiger partial charge in [-0.05, 0) is 36.8 Å². The van der Waals surface area contributed by atoms with Gasteiger partial charge in [0.2, 0.25) is 11.5 Å². The molecule has 0 saturated carbocycles. The molecule has 0 aliphatic rings. The number of methoxy groups -OCH3 is 4. The van der Waals surface area contributed by atoms with Crippen LogP contribution in [0.2, 0.25) is 0 Å². The fraction of sp³-hybridized carbons (Fsp3) is 0.364. The van der Waals surface area contributed by atoms with E-state index < -0.39 is 0 Å². The predicted molar refractivity (Wildman–Crippen MR) is 113 cm³/mol. The molecule has 30 heavy (non-hydrogen) atoms. The molecule has 8 heteroatoms. The van der Waals surface area contributed by atoms with Crippen LogP contribution in [0, 0.1) is 0 Å².